The summed E-state index contributed by atoms with van der Waals surface area (Å²) in [7, 11) is 0. The third-order valence-electron chi connectivity index (χ3n) is 6.82. The number of rotatable bonds is 21. The molecule has 37 heavy (non-hydrogen) atoms. The summed E-state index contributed by atoms with van der Waals surface area (Å²) in [6.07, 6.45) is 5.40. The molecule has 1 aliphatic rings. The minimum atomic E-state index is -0.371. The van der Waals surface area contributed by atoms with Gasteiger partial charge in [-0.3, -0.25) is 19.3 Å². The van der Waals surface area contributed by atoms with Crippen LogP contribution in [0.15, 0.2) is 12.2 Å². The fraction of sp³-hybridized carbons (Fsp3) is 0.821. The van der Waals surface area contributed by atoms with Gasteiger partial charge in [0.15, 0.2) is 0 Å². The van der Waals surface area contributed by atoms with Gasteiger partial charge in [0.05, 0.1) is 26.4 Å². The summed E-state index contributed by atoms with van der Waals surface area (Å²) in [5.74, 6) is -0.251. The van der Waals surface area contributed by atoms with Gasteiger partial charge in [0.25, 0.3) is 11.8 Å². The van der Waals surface area contributed by atoms with Gasteiger partial charge in [0, 0.05) is 51.4 Å². The van der Waals surface area contributed by atoms with Crippen LogP contribution < -0.4 is 10.6 Å². The van der Waals surface area contributed by atoms with Crippen molar-refractivity contribution in [3.63, 3.8) is 0 Å². The summed E-state index contributed by atoms with van der Waals surface area (Å²) < 4.78 is 16.7. The summed E-state index contributed by atoms with van der Waals surface area (Å²) in [5, 5.41) is 6.38. The van der Waals surface area contributed by atoms with Crippen LogP contribution >= 0.6 is 0 Å². The summed E-state index contributed by atoms with van der Waals surface area (Å²) in [4.78, 5) is 35.7. The minimum absolute atomic E-state index is 0.0975. The monoisotopic (exact) mass is 525 g/mol. The zero-order valence-corrected chi connectivity index (χ0v) is 24.0. The molecule has 0 aliphatic carbocycles. The van der Waals surface area contributed by atoms with Crippen LogP contribution in [-0.4, -0.2) is 88.4 Å². The average Bonchev–Trinajstić information content (AvgIpc) is 3.13. The molecule has 214 valence electrons. The lowest BCUT2D eigenvalue weighted by molar-refractivity contribution is -0.137. The molecule has 0 bridgehead atoms. The first-order valence-electron chi connectivity index (χ1n) is 13.7. The van der Waals surface area contributed by atoms with Gasteiger partial charge in [0.1, 0.15) is 0 Å². The molecule has 0 radical (unpaired) electrons. The van der Waals surface area contributed by atoms with Gasteiger partial charge in [-0.25, -0.2) is 0 Å². The lowest BCUT2D eigenvalue weighted by Gasteiger charge is -2.43. The van der Waals surface area contributed by atoms with Crippen molar-refractivity contribution in [2.24, 2.45) is 16.7 Å². The molecule has 0 fully saturated rings. The van der Waals surface area contributed by atoms with Gasteiger partial charge in [-0.15, -0.1) is 0 Å². The minimum Gasteiger partial charge on any atom is -0.379 e. The molecule has 1 unspecified atom stereocenters. The molecule has 1 rings (SSSR count). The third kappa shape index (κ3) is 14.1. The first-order valence-corrected chi connectivity index (χ1v) is 13.7. The SMILES string of the molecule is CC(C)CC(C)(CNCCCOCCOCCOCCCNC(=O)CCN1C(=O)C=CC1=O)C(C)(C)C. The van der Waals surface area contributed by atoms with Gasteiger partial charge in [-0.2, -0.15) is 0 Å². The Kier molecular flexibility index (Phi) is 15.8. The summed E-state index contributed by atoms with van der Waals surface area (Å²) in [5.41, 5.74) is 0.526. The van der Waals surface area contributed by atoms with E-state index in [4.69, 9.17) is 14.2 Å². The van der Waals surface area contributed by atoms with Crippen molar-refractivity contribution < 1.29 is 28.6 Å². The van der Waals surface area contributed by atoms with E-state index in [2.05, 4.69) is 52.2 Å². The fourth-order valence-corrected chi connectivity index (χ4v) is 4.11. The molecule has 1 aliphatic heterocycles. The molecule has 0 saturated heterocycles. The third-order valence-corrected chi connectivity index (χ3v) is 6.82. The van der Waals surface area contributed by atoms with Crippen LogP contribution in [-0.2, 0) is 28.6 Å². The Labute approximate surface area is 224 Å². The van der Waals surface area contributed by atoms with Gasteiger partial charge in [0.2, 0.25) is 5.91 Å². The van der Waals surface area contributed by atoms with E-state index in [1.807, 2.05) is 0 Å². The first-order chi connectivity index (χ1) is 17.5. The molecule has 3 amide bonds. The number of amides is 3. The molecular formula is C28H51N3O6. The summed E-state index contributed by atoms with van der Waals surface area (Å²) >= 11 is 0. The largest absolute Gasteiger partial charge is 0.379 e. The maximum Gasteiger partial charge on any atom is 0.253 e. The van der Waals surface area contributed by atoms with E-state index in [0.717, 1.165) is 31.0 Å². The standard InChI is InChI=1S/C28H51N3O6/c1-23(2)21-28(6,27(3,4)5)22-29-12-7-15-35-17-19-37-20-18-36-16-8-13-30-24(32)11-14-31-25(33)9-10-26(31)34/h9-10,23,29H,7-8,11-22H2,1-6H3,(H,30,32). The normalized spacial score (nSPS) is 15.6. The summed E-state index contributed by atoms with van der Waals surface area (Å²) in [6.45, 7) is 19.9. The first kappa shape index (κ1) is 33.2. The number of ether oxygens (including phenoxy) is 3. The lowest BCUT2D eigenvalue weighted by Crippen LogP contribution is -2.43. The predicted molar refractivity (Wildman–Crippen MR) is 145 cm³/mol. The molecule has 0 saturated carbocycles. The number of imide groups is 1. The highest BCUT2D eigenvalue weighted by atomic mass is 16.5. The van der Waals surface area contributed by atoms with Crippen molar-refractivity contribution >= 4 is 17.7 Å². The van der Waals surface area contributed by atoms with Crippen LogP contribution in [0.4, 0.5) is 0 Å². The van der Waals surface area contributed by atoms with E-state index in [0.29, 0.717) is 51.9 Å². The van der Waals surface area contributed by atoms with E-state index in [1.54, 1.807) is 0 Å². The van der Waals surface area contributed by atoms with Crippen molar-refractivity contribution in [2.45, 2.75) is 67.2 Å². The second kappa shape index (κ2) is 17.7. The second-order valence-corrected chi connectivity index (χ2v) is 11.4. The highest BCUT2D eigenvalue weighted by molar-refractivity contribution is 6.13. The number of carbonyl (C=O) groups is 3. The quantitative estimate of drug-likeness (QED) is 0.175. The van der Waals surface area contributed by atoms with Crippen LogP contribution in [0.5, 0.6) is 0 Å². The molecule has 0 aromatic heterocycles. The van der Waals surface area contributed by atoms with Crippen molar-refractivity contribution in [3.05, 3.63) is 12.2 Å². The number of carbonyl (C=O) groups excluding carboxylic acids is 3. The van der Waals surface area contributed by atoms with Crippen molar-refractivity contribution in [1.29, 1.82) is 0 Å². The zero-order chi connectivity index (χ0) is 27.7. The van der Waals surface area contributed by atoms with E-state index in [-0.39, 0.29) is 41.5 Å². The number of hydrogen-bond acceptors (Lipinski definition) is 7. The van der Waals surface area contributed by atoms with Gasteiger partial charge in [-0.1, -0.05) is 41.5 Å². The Bertz CT molecular complexity index is 701. The number of nitrogens with zero attached hydrogens (tertiary/aromatic N) is 1. The van der Waals surface area contributed by atoms with E-state index in [9.17, 15) is 14.4 Å². The van der Waals surface area contributed by atoms with Crippen LogP contribution in [0.3, 0.4) is 0 Å². The highest BCUT2D eigenvalue weighted by Crippen LogP contribution is 2.42. The van der Waals surface area contributed by atoms with Crippen molar-refractivity contribution in [1.82, 2.24) is 15.5 Å². The Morgan fingerprint density at radius 1 is 0.865 bits per heavy atom. The summed E-state index contributed by atoms with van der Waals surface area (Å²) in [6, 6.07) is 0. The topological polar surface area (TPSA) is 106 Å². The molecule has 9 heteroatoms. The molecule has 1 heterocycles. The second-order valence-electron chi connectivity index (χ2n) is 11.4. The van der Waals surface area contributed by atoms with Crippen molar-refractivity contribution in [2.75, 3.05) is 65.8 Å². The predicted octanol–water partition coefficient (Wildman–Crippen LogP) is 2.94. The number of hydrogen-bond donors (Lipinski definition) is 2. The molecule has 2 N–H and O–H groups in total. The molecule has 0 spiro atoms. The van der Waals surface area contributed by atoms with Crippen LogP contribution in [0, 0.1) is 16.7 Å². The Hall–Kier alpha value is -1.81. The molecule has 1 atom stereocenters. The van der Waals surface area contributed by atoms with Crippen molar-refractivity contribution in [3.8, 4) is 0 Å². The molecule has 0 aromatic rings. The Balaban J connectivity index is 1.88. The van der Waals surface area contributed by atoms with Crippen LogP contribution in [0.25, 0.3) is 0 Å². The van der Waals surface area contributed by atoms with Crippen LogP contribution in [0.2, 0.25) is 0 Å². The smallest absolute Gasteiger partial charge is 0.253 e. The van der Waals surface area contributed by atoms with Gasteiger partial charge >= 0.3 is 0 Å². The highest BCUT2D eigenvalue weighted by Gasteiger charge is 2.37. The van der Waals surface area contributed by atoms with E-state index < -0.39 is 0 Å². The van der Waals surface area contributed by atoms with Gasteiger partial charge in [-0.05, 0) is 42.6 Å². The maximum absolute atomic E-state index is 11.8. The molecular weight excluding hydrogens is 474 g/mol. The molecule has 9 nitrogen and oxygen atoms in total. The Morgan fingerprint density at radius 3 is 1.89 bits per heavy atom. The lowest BCUT2D eigenvalue weighted by atomic mass is 9.64. The Morgan fingerprint density at radius 2 is 1.38 bits per heavy atom. The van der Waals surface area contributed by atoms with Gasteiger partial charge < -0.3 is 24.8 Å². The average molecular weight is 526 g/mol. The molecule has 0 aromatic carbocycles. The zero-order valence-electron chi connectivity index (χ0n) is 24.0. The van der Waals surface area contributed by atoms with E-state index in [1.165, 1.54) is 18.6 Å². The maximum atomic E-state index is 11.8. The van der Waals surface area contributed by atoms with E-state index >= 15 is 0 Å². The number of nitrogens with one attached hydrogen (secondary N) is 2. The van der Waals surface area contributed by atoms with Crippen LogP contribution in [0.1, 0.15) is 67.2 Å². The fourth-order valence-electron chi connectivity index (χ4n) is 4.11.